The molecule has 0 saturated heterocycles. The Morgan fingerprint density at radius 3 is 2.20 bits per heavy atom. The highest BCUT2D eigenvalue weighted by Gasteiger charge is 2.31. The van der Waals surface area contributed by atoms with E-state index in [0.717, 1.165) is 12.1 Å². The average molecular weight is 283 g/mol. The molecule has 0 spiro atoms. The first-order valence-electron chi connectivity index (χ1n) is 5.56. The second-order valence-corrected chi connectivity index (χ2v) is 4.10. The predicted molar refractivity (Wildman–Crippen MR) is 65.4 cm³/mol. The molecule has 2 aromatic carbocycles. The summed E-state index contributed by atoms with van der Waals surface area (Å²) in [6, 6.07) is 8.02. The minimum absolute atomic E-state index is 0.0474. The van der Waals surface area contributed by atoms with Crippen molar-refractivity contribution in [2.45, 2.75) is 6.18 Å². The first-order chi connectivity index (χ1) is 9.30. The van der Waals surface area contributed by atoms with E-state index in [9.17, 15) is 22.4 Å². The first-order valence-corrected chi connectivity index (χ1v) is 5.56. The maximum Gasteiger partial charge on any atom is 0.416 e. The molecule has 20 heavy (non-hydrogen) atoms. The van der Waals surface area contributed by atoms with Crippen LogP contribution in [0.25, 0.3) is 11.1 Å². The highest BCUT2D eigenvalue weighted by Crippen LogP contribution is 2.33. The summed E-state index contributed by atoms with van der Waals surface area (Å²) < 4.78 is 51.3. The third kappa shape index (κ3) is 2.64. The van der Waals surface area contributed by atoms with Crippen molar-refractivity contribution < 1.29 is 22.4 Å². The van der Waals surface area contributed by atoms with E-state index < -0.39 is 23.5 Å². The van der Waals surface area contributed by atoms with E-state index in [0.29, 0.717) is 6.07 Å². The highest BCUT2D eigenvalue weighted by atomic mass is 19.4. The molecule has 0 bridgehead atoms. The minimum atomic E-state index is -4.62. The van der Waals surface area contributed by atoms with E-state index in [4.69, 9.17) is 5.73 Å². The fraction of sp³-hybridized carbons (Fsp3) is 0.0714. The van der Waals surface area contributed by atoms with Gasteiger partial charge in [-0.25, -0.2) is 4.39 Å². The SMILES string of the molecule is NC(=O)c1ccccc1-c1ccc(C(F)(F)F)cc1F. The smallest absolute Gasteiger partial charge is 0.366 e. The Hall–Kier alpha value is -2.37. The van der Waals surface area contributed by atoms with Gasteiger partial charge in [-0.15, -0.1) is 0 Å². The summed E-state index contributed by atoms with van der Waals surface area (Å²) in [4.78, 5) is 11.3. The van der Waals surface area contributed by atoms with Gasteiger partial charge < -0.3 is 5.73 Å². The zero-order valence-electron chi connectivity index (χ0n) is 10.0. The molecule has 0 aliphatic carbocycles. The molecule has 0 heterocycles. The number of alkyl halides is 3. The Bertz CT molecular complexity index is 664. The van der Waals surface area contributed by atoms with Crippen molar-refractivity contribution in [1.82, 2.24) is 0 Å². The summed E-state index contributed by atoms with van der Waals surface area (Å²) in [5, 5.41) is 0. The van der Waals surface area contributed by atoms with Crippen molar-refractivity contribution >= 4 is 5.91 Å². The van der Waals surface area contributed by atoms with Crippen molar-refractivity contribution in [1.29, 1.82) is 0 Å². The maximum absolute atomic E-state index is 13.9. The van der Waals surface area contributed by atoms with Gasteiger partial charge in [0.1, 0.15) is 5.82 Å². The van der Waals surface area contributed by atoms with Crippen LogP contribution >= 0.6 is 0 Å². The van der Waals surface area contributed by atoms with Crippen LogP contribution in [-0.4, -0.2) is 5.91 Å². The van der Waals surface area contributed by atoms with E-state index >= 15 is 0 Å². The van der Waals surface area contributed by atoms with Crippen LogP contribution in [0.5, 0.6) is 0 Å². The molecule has 0 aliphatic rings. The van der Waals surface area contributed by atoms with Crippen molar-refractivity contribution in [3.63, 3.8) is 0 Å². The monoisotopic (exact) mass is 283 g/mol. The van der Waals surface area contributed by atoms with Gasteiger partial charge in [0.2, 0.25) is 5.91 Å². The van der Waals surface area contributed by atoms with E-state index in [1.807, 2.05) is 0 Å². The molecular formula is C14H9F4NO. The number of primary amides is 1. The van der Waals surface area contributed by atoms with Crippen molar-refractivity contribution in [2.24, 2.45) is 5.73 Å². The Balaban J connectivity index is 2.58. The molecule has 0 atom stereocenters. The molecule has 0 aromatic heterocycles. The second kappa shape index (κ2) is 4.96. The van der Waals surface area contributed by atoms with Crippen LogP contribution in [0.15, 0.2) is 42.5 Å². The van der Waals surface area contributed by atoms with Crippen LogP contribution in [0.2, 0.25) is 0 Å². The van der Waals surface area contributed by atoms with E-state index in [-0.39, 0.29) is 16.7 Å². The number of hydrogen-bond donors (Lipinski definition) is 1. The van der Waals surface area contributed by atoms with Gasteiger partial charge in [0, 0.05) is 11.1 Å². The van der Waals surface area contributed by atoms with Gasteiger partial charge in [-0.2, -0.15) is 13.2 Å². The molecule has 2 nitrogen and oxygen atoms in total. The molecule has 0 aliphatic heterocycles. The van der Waals surface area contributed by atoms with Gasteiger partial charge in [-0.3, -0.25) is 4.79 Å². The summed E-state index contributed by atoms with van der Waals surface area (Å²) in [6.45, 7) is 0. The Morgan fingerprint density at radius 1 is 1.00 bits per heavy atom. The van der Waals surface area contributed by atoms with Crippen molar-refractivity contribution in [3.8, 4) is 11.1 Å². The Morgan fingerprint density at radius 2 is 1.65 bits per heavy atom. The molecular weight excluding hydrogens is 274 g/mol. The predicted octanol–water partition coefficient (Wildman–Crippen LogP) is 3.61. The number of carbonyl (C=O) groups is 1. The molecule has 2 rings (SSSR count). The summed E-state index contributed by atoms with van der Waals surface area (Å²) in [6.07, 6.45) is -4.62. The lowest BCUT2D eigenvalue weighted by Crippen LogP contribution is -2.12. The molecule has 6 heteroatoms. The lowest BCUT2D eigenvalue weighted by atomic mass is 9.97. The maximum atomic E-state index is 13.9. The lowest BCUT2D eigenvalue weighted by Gasteiger charge is -2.11. The molecule has 0 radical (unpaired) electrons. The van der Waals surface area contributed by atoms with E-state index in [1.165, 1.54) is 18.2 Å². The van der Waals surface area contributed by atoms with Crippen LogP contribution in [0, 0.1) is 5.82 Å². The lowest BCUT2D eigenvalue weighted by molar-refractivity contribution is -0.137. The van der Waals surface area contributed by atoms with Crippen LogP contribution in [0.4, 0.5) is 17.6 Å². The zero-order valence-corrected chi connectivity index (χ0v) is 10.0. The fourth-order valence-electron chi connectivity index (χ4n) is 1.84. The van der Waals surface area contributed by atoms with Crippen LogP contribution in [-0.2, 0) is 6.18 Å². The molecule has 104 valence electrons. The van der Waals surface area contributed by atoms with Gasteiger partial charge in [0.15, 0.2) is 0 Å². The van der Waals surface area contributed by atoms with Gasteiger partial charge in [0.05, 0.1) is 5.56 Å². The number of rotatable bonds is 2. The van der Waals surface area contributed by atoms with Gasteiger partial charge in [0.25, 0.3) is 0 Å². The van der Waals surface area contributed by atoms with E-state index in [1.54, 1.807) is 6.07 Å². The van der Waals surface area contributed by atoms with Crippen molar-refractivity contribution in [2.75, 3.05) is 0 Å². The molecule has 0 unspecified atom stereocenters. The zero-order chi connectivity index (χ0) is 14.9. The van der Waals surface area contributed by atoms with Crippen LogP contribution < -0.4 is 5.73 Å². The van der Waals surface area contributed by atoms with Crippen LogP contribution in [0.3, 0.4) is 0 Å². The normalized spacial score (nSPS) is 11.4. The number of halogens is 4. The summed E-state index contributed by atoms with van der Waals surface area (Å²) >= 11 is 0. The summed E-state index contributed by atoms with van der Waals surface area (Å²) in [5.41, 5.74) is 4.17. The number of carbonyl (C=O) groups excluding carboxylic acids is 1. The van der Waals surface area contributed by atoms with E-state index in [2.05, 4.69) is 0 Å². The molecule has 2 aromatic rings. The second-order valence-electron chi connectivity index (χ2n) is 4.10. The molecule has 0 fully saturated rings. The first kappa shape index (κ1) is 14.0. The summed E-state index contributed by atoms with van der Waals surface area (Å²) in [5.74, 6) is -1.84. The molecule has 2 N–H and O–H groups in total. The quantitative estimate of drug-likeness (QED) is 0.841. The van der Waals surface area contributed by atoms with Gasteiger partial charge in [-0.05, 0) is 23.8 Å². The fourth-order valence-corrected chi connectivity index (χ4v) is 1.84. The molecule has 1 amide bonds. The largest absolute Gasteiger partial charge is 0.416 e. The van der Waals surface area contributed by atoms with Crippen molar-refractivity contribution in [3.05, 3.63) is 59.4 Å². The molecule has 0 saturated carbocycles. The minimum Gasteiger partial charge on any atom is -0.366 e. The average Bonchev–Trinajstić information content (AvgIpc) is 2.37. The number of nitrogens with two attached hydrogens (primary N) is 1. The van der Waals surface area contributed by atoms with Gasteiger partial charge in [-0.1, -0.05) is 24.3 Å². The highest BCUT2D eigenvalue weighted by molar-refractivity contribution is 5.99. The van der Waals surface area contributed by atoms with Crippen LogP contribution in [0.1, 0.15) is 15.9 Å². The van der Waals surface area contributed by atoms with Gasteiger partial charge >= 0.3 is 6.18 Å². The Kier molecular flexibility index (Phi) is 3.48. The summed E-state index contributed by atoms with van der Waals surface area (Å²) in [7, 11) is 0. The number of benzene rings is 2. The number of hydrogen-bond acceptors (Lipinski definition) is 1. The third-order valence-corrected chi connectivity index (χ3v) is 2.78. The third-order valence-electron chi connectivity index (χ3n) is 2.78. The topological polar surface area (TPSA) is 43.1 Å². The number of amides is 1. The standard InChI is InChI=1S/C14H9F4NO/c15-12-7-8(14(16,17)18)5-6-10(12)9-3-1-2-4-11(9)13(19)20/h1-7H,(H2,19,20). The Labute approximate surface area is 111 Å².